The molecule has 0 saturated carbocycles. The number of phenolic OH excluding ortho intramolecular Hbond substituents is 1. The molecule has 2 heterocycles. The van der Waals surface area contributed by atoms with Crippen LogP contribution in [-0.4, -0.2) is 70.7 Å². The fourth-order valence-corrected chi connectivity index (χ4v) is 6.94. The van der Waals surface area contributed by atoms with Crippen LogP contribution < -0.4 is 29.8 Å². The number of ether oxygens (including phenoxy) is 4. The van der Waals surface area contributed by atoms with Crippen molar-refractivity contribution in [2.24, 2.45) is 5.92 Å². The first-order chi connectivity index (χ1) is 24.0. The molecule has 4 aromatic rings. The number of aromatic nitrogens is 2. The minimum absolute atomic E-state index is 0.0214. The number of aliphatic hydroxyl groups excluding tert-OH is 1. The number of methoxy groups -OCH3 is 3. The molecule has 13 nitrogen and oxygen atoms in total. The van der Waals surface area contributed by atoms with E-state index in [2.05, 4.69) is 10.3 Å². The number of nitrogens with zero attached hydrogens (tertiary/aromatic N) is 2. The highest BCUT2D eigenvalue weighted by Gasteiger charge is 2.61. The van der Waals surface area contributed by atoms with Crippen LogP contribution in [0.5, 0.6) is 28.7 Å². The Kier molecular flexibility index (Phi) is 9.19. The second-order valence-corrected chi connectivity index (χ2v) is 12.4. The number of amides is 1. The quantitative estimate of drug-likeness (QED) is 0.212. The van der Waals surface area contributed by atoms with Crippen LogP contribution in [0.2, 0.25) is 5.02 Å². The number of fused-ring (bicyclic) bond motifs is 2. The lowest BCUT2D eigenvalue weighted by Gasteiger charge is -2.38. The lowest BCUT2D eigenvalue weighted by Crippen LogP contribution is -2.53. The van der Waals surface area contributed by atoms with Gasteiger partial charge in [-0.05, 0) is 29.8 Å². The molecule has 3 N–H and O–H groups in total. The number of phenols is 1. The summed E-state index contributed by atoms with van der Waals surface area (Å²) in [5.41, 5.74) is -1.69. The second kappa shape index (κ2) is 13.4. The molecular formula is C36H34ClN3O10. The molecule has 1 spiro atoms. The summed E-state index contributed by atoms with van der Waals surface area (Å²) in [5, 5.41) is 25.6. The summed E-state index contributed by atoms with van der Waals surface area (Å²) in [5.74, 6) is -4.30. The molecule has 1 aromatic heterocycles. The van der Waals surface area contributed by atoms with Gasteiger partial charge in [-0.25, -0.2) is 4.98 Å². The third-order valence-electron chi connectivity index (χ3n) is 9.26. The zero-order valence-electron chi connectivity index (χ0n) is 27.6. The van der Waals surface area contributed by atoms with Gasteiger partial charge in [-0.2, -0.15) is 0 Å². The zero-order valence-corrected chi connectivity index (χ0v) is 28.4. The molecule has 3 unspecified atom stereocenters. The number of aromatic hydroxyl groups is 1. The lowest BCUT2D eigenvalue weighted by molar-refractivity contribution is -0.121. The molecule has 6 rings (SSSR count). The van der Waals surface area contributed by atoms with E-state index in [-0.39, 0.29) is 76.4 Å². The average Bonchev–Trinajstić information content (AvgIpc) is 3.43. The van der Waals surface area contributed by atoms with Crippen LogP contribution in [0.1, 0.15) is 41.6 Å². The molecule has 260 valence electrons. The van der Waals surface area contributed by atoms with E-state index in [4.69, 9.17) is 30.5 Å². The maximum atomic E-state index is 14.3. The summed E-state index contributed by atoms with van der Waals surface area (Å²) in [6, 6.07) is 12.6. The number of carbonyl (C=O) groups excluding carboxylic acids is 3. The van der Waals surface area contributed by atoms with Crippen molar-refractivity contribution in [3.8, 4) is 28.7 Å². The highest BCUT2D eigenvalue weighted by Crippen LogP contribution is 2.56. The fraction of sp³-hybridized carbons (Fsp3) is 0.306. The van der Waals surface area contributed by atoms with Gasteiger partial charge in [0.1, 0.15) is 22.1 Å². The molecule has 1 aliphatic heterocycles. The number of hydrogen-bond donors (Lipinski definition) is 3. The summed E-state index contributed by atoms with van der Waals surface area (Å²) in [6.07, 6.45) is 0.814. The first-order valence-electron chi connectivity index (χ1n) is 15.7. The fourth-order valence-electron chi connectivity index (χ4n) is 6.67. The topological polar surface area (TPSA) is 176 Å². The smallest absolute Gasteiger partial charge is 0.261 e. The molecule has 3 aromatic carbocycles. The van der Waals surface area contributed by atoms with Crippen molar-refractivity contribution in [3.05, 3.63) is 92.7 Å². The van der Waals surface area contributed by atoms with Crippen molar-refractivity contribution in [2.45, 2.75) is 37.8 Å². The van der Waals surface area contributed by atoms with Gasteiger partial charge < -0.3 is 34.5 Å². The number of ketones is 2. The number of allylic oxidation sites excluding steroid dienone is 1. The van der Waals surface area contributed by atoms with Crippen LogP contribution in [-0.2, 0) is 16.1 Å². The predicted octanol–water partition coefficient (Wildman–Crippen LogP) is 4.51. The zero-order chi connectivity index (χ0) is 35.9. The number of rotatable bonds is 10. The van der Waals surface area contributed by atoms with Gasteiger partial charge in [-0.15, -0.1) is 0 Å². The molecule has 14 heteroatoms. The number of Topliss-reactive ketones (excluding diaryl/α,β-unsaturated/α-hetero) is 2. The molecular weight excluding hydrogens is 670 g/mol. The Balaban J connectivity index is 1.38. The van der Waals surface area contributed by atoms with Gasteiger partial charge in [-0.1, -0.05) is 36.7 Å². The third-order valence-corrected chi connectivity index (χ3v) is 9.62. The number of aliphatic hydroxyl groups is 1. The number of nitrogens with one attached hydrogen (secondary N) is 1. The molecule has 50 heavy (non-hydrogen) atoms. The molecule has 0 radical (unpaired) electrons. The van der Waals surface area contributed by atoms with Crippen LogP contribution in [0.3, 0.4) is 0 Å². The molecule has 2 aliphatic rings. The van der Waals surface area contributed by atoms with Gasteiger partial charge in [0, 0.05) is 49.4 Å². The monoisotopic (exact) mass is 703 g/mol. The van der Waals surface area contributed by atoms with Crippen LogP contribution in [0, 0.1) is 5.92 Å². The first kappa shape index (κ1) is 34.3. The average molecular weight is 704 g/mol. The minimum atomic E-state index is -2.07. The second-order valence-electron chi connectivity index (χ2n) is 12.1. The summed E-state index contributed by atoms with van der Waals surface area (Å²) >= 11 is 6.58. The Morgan fingerprint density at radius 1 is 1.06 bits per heavy atom. The van der Waals surface area contributed by atoms with Gasteiger partial charge in [0.2, 0.25) is 17.3 Å². The van der Waals surface area contributed by atoms with Crippen molar-refractivity contribution in [2.75, 3.05) is 27.9 Å². The molecule has 0 saturated heterocycles. The van der Waals surface area contributed by atoms with Crippen molar-refractivity contribution >= 4 is 40.0 Å². The van der Waals surface area contributed by atoms with Crippen molar-refractivity contribution in [1.82, 2.24) is 14.9 Å². The SMILES string of the molecule is COc1cc(C(CC(=O)NCCn2cnc3ccccc3c2=O)C2=C(O)C3(Oc4c(Cl)c(OC)cc(OC)c4C3=O)C(C)CC2=O)ccc1O. The Morgan fingerprint density at radius 2 is 1.78 bits per heavy atom. The Labute approximate surface area is 291 Å². The van der Waals surface area contributed by atoms with Gasteiger partial charge in [0.25, 0.3) is 5.56 Å². The van der Waals surface area contributed by atoms with Gasteiger partial charge in [0.15, 0.2) is 28.8 Å². The number of carbonyl (C=O) groups is 3. The van der Waals surface area contributed by atoms with E-state index in [0.29, 0.717) is 16.5 Å². The molecule has 1 aliphatic carbocycles. The minimum Gasteiger partial charge on any atom is -0.507 e. The van der Waals surface area contributed by atoms with Crippen molar-refractivity contribution < 1.29 is 43.5 Å². The number of para-hydroxylation sites is 1. The van der Waals surface area contributed by atoms with E-state index in [0.717, 1.165) is 0 Å². The lowest BCUT2D eigenvalue weighted by atomic mass is 9.69. The van der Waals surface area contributed by atoms with Crippen LogP contribution in [0.15, 0.2) is 71.0 Å². The van der Waals surface area contributed by atoms with E-state index < -0.39 is 40.7 Å². The van der Waals surface area contributed by atoms with Gasteiger partial charge >= 0.3 is 0 Å². The van der Waals surface area contributed by atoms with E-state index in [1.165, 1.54) is 56.5 Å². The first-order valence-corrected chi connectivity index (χ1v) is 16.1. The maximum Gasteiger partial charge on any atom is 0.261 e. The maximum absolute atomic E-state index is 14.3. The highest BCUT2D eigenvalue weighted by atomic mass is 35.5. The molecule has 3 atom stereocenters. The van der Waals surface area contributed by atoms with E-state index >= 15 is 0 Å². The standard InChI is InChI=1S/C36H34ClN3O10/c1-18-13-24(42)29(33(44)36(18)34(45)30-26(48-3)16-27(49-4)31(37)32(30)50-36)21(19-9-10-23(41)25(14-19)47-2)15-28(43)38-11-12-40-17-39-22-8-6-5-7-20(22)35(40)46/h5-10,14,16-18,21,41,44H,11-13,15H2,1-4H3,(H,38,43). The molecule has 0 bridgehead atoms. The highest BCUT2D eigenvalue weighted by molar-refractivity contribution is 6.35. The van der Waals surface area contributed by atoms with E-state index in [9.17, 15) is 29.4 Å². The summed E-state index contributed by atoms with van der Waals surface area (Å²) in [4.78, 5) is 59.0. The Hall–Kier alpha value is -5.56. The van der Waals surface area contributed by atoms with Crippen molar-refractivity contribution in [1.29, 1.82) is 0 Å². The summed E-state index contributed by atoms with van der Waals surface area (Å²) in [7, 11) is 4.09. The number of halogens is 1. The summed E-state index contributed by atoms with van der Waals surface area (Å²) < 4.78 is 23.8. The number of hydrogen-bond acceptors (Lipinski definition) is 11. The Morgan fingerprint density at radius 3 is 2.50 bits per heavy atom. The molecule has 1 amide bonds. The van der Waals surface area contributed by atoms with Crippen LogP contribution in [0.25, 0.3) is 10.9 Å². The van der Waals surface area contributed by atoms with Crippen LogP contribution in [0.4, 0.5) is 0 Å². The van der Waals surface area contributed by atoms with Gasteiger partial charge in [-0.3, -0.25) is 23.7 Å². The van der Waals surface area contributed by atoms with Gasteiger partial charge in [0.05, 0.1) is 38.6 Å². The van der Waals surface area contributed by atoms with E-state index in [1.54, 1.807) is 31.2 Å². The Bertz CT molecular complexity index is 2140. The predicted molar refractivity (Wildman–Crippen MR) is 182 cm³/mol. The normalized spacial score (nSPS) is 18.9. The number of benzene rings is 3. The largest absolute Gasteiger partial charge is 0.507 e. The summed E-state index contributed by atoms with van der Waals surface area (Å²) in [6.45, 7) is 1.75. The third kappa shape index (κ3) is 5.56. The molecule has 0 fully saturated rings. The van der Waals surface area contributed by atoms with E-state index in [1.807, 2.05) is 0 Å². The van der Waals surface area contributed by atoms with Crippen molar-refractivity contribution in [3.63, 3.8) is 0 Å². The van der Waals surface area contributed by atoms with Crippen LogP contribution >= 0.6 is 11.6 Å².